The molecule has 0 aromatic heterocycles. The van der Waals surface area contributed by atoms with Crippen LogP contribution in [-0.2, 0) is 16.4 Å². The van der Waals surface area contributed by atoms with Crippen LogP contribution in [0.25, 0.3) is 0 Å². The van der Waals surface area contributed by atoms with Gasteiger partial charge in [0.25, 0.3) is 0 Å². The summed E-state index contributed by atoms with van der Waals surface area (Å²) in [7, 11) is -2.89. The Morgan fingerprint density at radius 2 is 1.94 bits per heavy atom. The van der Waals surface area contributed by atoms with Crippen LogP contribution in [0.3, 0.4) is 0 Å². The first-order chi connectivity index (χ1) is 7.98. The van der Waals surface area contributed by atoms with Gasteiger partial charge in [-0.3, -0.25) is 4.90 Å². The molecule has 2 rings (SSSR count). The second-order valence-corrected chi connectivity index (χ2v) is 6.54. The van der Waals surface area contributed by atoms with E-state index in [4.69, 9.17) is 5.73 Å². The van der Waals surface area contributed by atoms with Crippen LogP contribution in [0.4, 0.5) is 10.1 Å². The van der Waals surface area contributed by atoms with Crippen LogP contribution in [0.5, 0.6) is 0 Å². The molecule has 4 nitrogen and oxygen atoms in total. The molecule has 0 radical (unpaired) electrons. The van der Waals surface area contributed by atoms with Crippen molar-refractivity contribution in [1.82, 2.24) is 4.90 Å². The van der Waals surface area contributed by atoms with Crippen LogP contribution in [0.15, 0.2) is 18.2 Å². The molecule has 17 heavy (non-hydrogen) atoms. The third kappa shape index (κ3) is 2.95. The molecule has 1 aliphatic heterocycles. The van der Waals surface area contributed by atoms with Gasteiger partial charge < -0.3 is 5.73 Å². The van der Waals surface area contributed by atoms with Crippen molar-refractivity contribution in [3.05, 3.63) is 29.6 Å². The number of hydrogen-bond donors (Lipinski definition) is 1. The lowest BCUT2D eigenvalue weighted by Gasteiger charge is -2.27. The molecule has 2 N–H and O–H groups in total. The van der Waals surface area contributed by atoms with Crippen LogP contribution in [-0.4, -0.2) is 37.9 Å². The van der Waals surface area contributed by atoms with Crippen molar-refractivity contribution in [1.29, 1.82) is 0 Å². The number of sulfone groups is 1. The van der Waals surface area contributed by atoms with E-state index >= 15 is 0 Å². The quantitative estimate of drug-likeness (QED) is 0.791. The lowest BCUT2D eigenvalue weighted by atomic mass is 10.1. The standard InChI is InChI=1S/C11H15FN2O2S/c12-10-2-1-3-11(13)9(10)8-14-4-6-17(15,16)7-5-14/h1-3H,4-8,13H2. The molecule has 0 saturated carbocycles. The molecular weight excluding hydrogens is 243 g/mol. The van der Waals surface area contributed by atoms with Crippen molar-refractivity contribution >= 4 is 15.5 Å². The first kappa shape index (κ1) is 12.3. The summed E-state index contributed by atoms with van der Waals surface area (Å²) in [6, 6.07) is 4.58. The Balaban J connectivity index is 2.08. The maximum absolute atomic E-state index is 13.5. The highest BCUT2D eigenvalue weighted by atomic mass is 32.2. The minimum Gasteiger partial charge on any atom is -0.398 e. The summed E-state index contributed by atoms with van der Waals surface area (Å²) in [6.07, 6.45) is 0. The van der Waals surface area contributed by atoms with E-state index in [9.17, 15) is 12.8 Å². The fraction of sp³-hybridized carbons (Fsp3) is 0.455. The molecule has 1 aromatic carbocycles. The third-order valence-corrected chi connectivity index (χ3v) is 4.58. The summed E-state index contributed by atoms with van der Waals surface area (Å²) in [6.45, 7) is 1.25. The summed E-state index contributed by atoms with van der Waals surface area (Å²) in [4.78, 5) is 1.91. The van der Waals surface area contributed by atoms with Crippen molar-refractivity contribution < 1.29 is 12.8 Å². The van der Waals surface area contributed by atoms with E-state index < -0.39 is 9.84 Å². The van der Waals surface area contributed by atoms with E-state index in [-0.39, 0.29) is 17.3 Å². The van der Waals surface area contributed by atoms with Gasteiger partial charge in [-0.2, -0.15) is 0 Å². The Hall–Kier alpha value is -1.14. The van der Waals surface area contributed by atoms with Gasteiger partial charge in [0, 0.05) is 30.9 Å². The predicted molar refractivity (Wildman–Crippen MR) is 64.7 cm³/mol. The Morgan fingerprint density at radius 3 is 2.53 bits per heavy atom. The van der Waals surface area contributed by atoms with E-state index in [0.29, 0.717) is 30.9 Å². The first-order valence-corrected chi connectivity index (χ1v) is 7.26. The number of halogens is 1. The monoisotopic (exact) mass is 258 g/mol. The molecule has 94 valence electrons. The molecule has 1 saturated heterocycles. The van der Waals surface area contributed by atoms with Crippen molar-refractivity contribution in [3.8, 4) is 0 Å². The fourth-order valence-corrected chi connectivity index (χ4v) is 3.15. The van der Waals surface area contributed by atoms with Crippen molar-refractivity contribution in [2.45, 2.75) is 6.54 Å². The van der Waals surface area contributed by atoms with E-state index in [1.165, 1.54) is 6.07 Å². The van der Waals surface area contributed by atoms with E-state index in [1.807, 2.05) is 4.90 Å². The highest BCUT2D eigenvalue weighted by molar-refractivity contribution is 7.91. The van der Waals surface area contributed by atoms with Gasteiger partial charge in [0.15, 0.2) is 9.84 Å². The van der Waals surface area contributed by atoms with Gasteiger partial charge in [0.1, 0.15) is 5.82 Å². The highest BCUT2D eigenvalue weighted by Gasteiger charge is 2.22. The summed E-state index contributed by atoms with van der Waals surface area (Å²) in [5, 5.41) is 0. The van der Waals surface area contributed by atoms with E-state index in [1.54, 1.807) is 12.1 Å². The van der Waals surface area contributed by atoms with Crippen molar-refractivity contribution in [2.75, 3.05) is 30.3 Å². The van der Waals surface area contributed by atoms with Crippen LogP contribution in [0, 0.1) is 5.82 Å². The number of benzene rings is 1. The average Bonchev–Trinajstić information content (AvgIpc) is 2.26. The second-order valence-electron chi connectivity index (χ2n) is 4.24. The molecule has 0 bridgehead atoms. The van der Waals surface area contributed by atoms with E-state index in [0.717, 1.165) is 0 Å². The Kier molecular flexibility index (Phi) is 3.35. The maximum atomic E-state index is 13.5. The minimum absolute atomic E-state index is 0.140. The van der Waals surface area contributed by atoms with Crippen molar-refractivity contribution in [3.63, 3.8) is 0 Å². The molecule has 0 amide bonds. The summed E-state index contributed by atoms with van der Waals surface area (Å²) < 4.78 is 36.0. The topological polar surface area (TPSA) is 63.4 Å². The maximum Gasteiger partial charge on any atom is 0.152 e. The number of rotatable bonds is 2. The molecule has 1 aromatic rings. The highest BCUT2D eigenvalue weighted by Crippen LogP contribution is 2.18. The lowest BCUT2D eigenvalue weighted by molar-refractivity contribution is 0.284. The van der Waals surface area contributed by atoms with Gasteiger partial charge in [0.2, 0.25) is 0 Å². The van der Waals surface area contributed by atoms with Gasteiger partial charge in [0.05, 0.1) is 11.5 Å². The largest absolute Gasteiger partial charge is 0.398 e. The molecule has 0 spiro atoms. The Labute approximate surface area is 100 Å². The predicted octanol–water partition coefficient (Wildman–Crippen LogP) is 0.638. The van der Waals surface area contributed by atoms with Crippen LogP contribution < -0.4 is 5.73 Å². The molecular formula is C11H15FN2O2S. The number of nitrogens with two attached hydrogens (primary N) is 1. The SMILES string of the molecule is Nc1cccc(F)c1CN1CCS(=O)(=O)CC1. The van der Waals surface area contributed by atoms with Crippen LogP contribution in [0.1, 0.15) is 5.56 Å². The lowest BCUT2D eigenvalue weighted by Crippen LogP contribution is -2.39. The fourth-order valence-electron chi connectivity index (χ4n) is 1.87. The first-order valence-electron chi connectivity index (χ1n) is 5.43. The molecule has 1 fully saturated rings. The van der Waals surface area contributed by atoms with Gasteiger partial charge in [-0.05, 0) is 12.1 Å². The molecule has 0 atom stereocenters. The number of anilines is 1. The Bertz CT molecular complexity index is 482. The van der Waals surface area contributed by atoms with Gasteiger partial charge in [-0.15, -0.1) is 0 Å². The summed E-state index contributed by atoms with van der Waals surface area (Å²) >= 11 is 0. The zero-order valence-electron chi connectivity index (χ0n) is 9.39. The van der Waals surface area contributed by atoms with Gasteiger partial charge >= 0.3 is 0 Å². The zero-order chi connectivity index (χ0) is 12.5. The Morgan fingerprint density at radius 1 is 1.29 bits per heavy atom. The average molecular weight is 258 g/mol. The molecule has 6 heteroatoms. The summed E-state index contributed by atoms with van der Waals surface area (Å²) in [5.41, 5.74) is 6.57. The molecule has 0 aliphatic carbocycles. The van der Waals surface area contributed by atoms with Gasteiger partial charge in [-0.1, -0.05) is 6.07 Å². The van der Waals surface area contributed by atoms with Gasteiger partial charge in [-0.25, -0.2) is 12.8 Å². The normalized spacial score (nSPS) is 20.3. The summed E-state index contributed by atoms with van der Waals surface area (Å²) in [5.74, 6) is -0.0543. The third-order valence-electron chi connectivity index (χ3n) is 2.97. The zero-order valence-corrected chi connectivity index (χ0v) is 10.2. The number of nitrogen functional groups attached to an aromatic ring is 1. The van der Waals surface area contributed by atoms with Crippen molar-refractivity contribution in [2.24, 2.45) is 0 Å². The smallest absolute Gasteiger partial charge is 0.152 e. The molecule has 0 unspecified atom stereocenters. The molecule has 1 aliphatic rings. The minimum atomic E-state index is -2.89. The molecule has 1 heterocycles. The second kappa shape index (κ2) is 4.62. The van der Waals surface area contributed by atoms with E-state index in [2.05, 4.69) is 0 Å². The van der Waals surface area contributed by atoms with Crippen LogP contribution >= 0.6 is 0 Å². The number of nitrogens with zero attached hydrogens (tertiary/aromatic N) is 1. The number of hydrogen-bond acceptors (Lipinski definition) is 4. The van der Waals surface area contributed by atoms with Crippen LogP contribution in [0.2, 0.25) is 0 Å².